The quantitative estimate of drug-likeness (QED) is 0.864. The molecule has 0 aromatic carbocycles. The van der Waals surface area contributed by atoms with Crippen molar-refractivity contribution in [3.05, 3.63) is 27.6 Å². The van der Waals surface area contributed by atoms with E-state index in [-0.39, 0.29) is 5.97 Å². The summed E-state index contributed by atoms with van der Waals surface area (Å²) in [6, 6.07) is 1.86. The van der Waals surface area contributed by atoms with Gasteiger partial charge in [-0.05, 0) is 38.3 Å². The number of nitrogens with zero attached hydrogens (tertiary/aromatic N) is 2. The van der Waals surface area contributed by atoms with Gasteiger partial charge in [-0.1, -0.05) is 0 Å². The van der Waals surface area contributed by atoms with Crippen LogP contribution in [0.5, 0.6) is 0 Å². The monoisotopic (exact) mass is 292 g/mol. The highest BCUT2D eigenvalue weighted by molar-refractivity contribution is 7.14. The summed E-state index contributed by atoms with van der Waals surface area (Å²) in [5, 5.41) is 14.4. The molecule has 0 radical (unpaired) electrons. The zero-order chi connectivity index (χ0) is 14.3. The molecule has 3 rings (SSSR count). The van der Waals surface area contributed by atoms with E-state index in [0.717, 1.165) is 28.1 Å². The van der Waals surface area contributed by atoms with Crippen molar-refractivity contribution in [2.45, 2.75) is 32.9 Å². The number of carbonyl (C=O) groups excluding carboxylic acids is 1. The van der Waals surface area contributed by atoms with Gasteiger partial charge in [-0.15, -0.1) is 11.3 Å². The van der Waals surface area contributed by atoms with Gasteiger partial charge in [0.1, 0.15) is 11.1 Å². The Morgan fingerprint density at radius 3 is 3.20 bits per heavy atom. The summed E-state index contributed by atoms with van der Waals surface area (Å²) in [6.07, 6.45) is 2.48. The summed E-state index contributed by atoms with van der Waals surface area (Å²) < 4.78 is 6.70. The highest BCUT2D eigenvalue weighted by Crippen LogP contribution is 2.39. The first-order valence-corrected chi connectivity index (χ1v) is 7.45. The molecule has 0 saturated carbocycles. The summed E-state index contributed by atoms with van der Waals surface area (Å²) in [5.74, 6) is -0.283. The van der Waals surface area contributed by atoms with E-state index in [2.05, 4.69) is 5.10 Å². The zero-order valence-electron chi connectivity index (χ0n) is 11.4. The fourth-order valence-electron chi connectivity index (χ4n) is 2.51. The number of aliphatic hydroxyl groups is 1. The molecule has 6 heteroatoms. The molecule has 1 unspecified atom stereocenters. The van der Waals surface area contributed by atoms with Crippen molar-refractivity contribution in [2.75, 3.05) is 6.61 Å². The molecule has 1 N–H and O–H groups in total. The van der Waals surface area contributed by atoms with E-state index >= 15 is 0 Å². The smallest absolute Gasteiger partial charge is 0.348 e. The van der Waals surface area contributed by atoms with Crippen molar-refractivity contribution in [1.29, 1.82) is 0 Å². The molecule has 0 saturated heterocycles. The molecular weight excluding hydrogens is 276 g/mol. The number of fused-ring (bicyclic) bond motifs is 3. The van der Waals surface area contributed by atoms with Gasteiger partial charge >= 0.3 is 5.97 Å². The largest absolute Gasteiger partial charge is 0.462 e. The third kappa shape index (κ3) is 2.05. The van der Waals surface area contributed by atoms with E-state index in [0.29, 0.717) is 17.9 Å². The summed E-state index contributed by atoms with van der Waals surface area (Å²) >= 11 is 1.45. The molecule has 3 heterocycles. The minimum absolute atomic E-state index is 0.283. The summed E-state index contributed by atoms with van der Waals surface area (Å²) in [5.41, 5.74) is 2.89. The second-order valence-corrected chi connectivity index (χ2v) is 5.94. The molecule has 0 bridgehead atoms. The van der Waals surface area contributed by atoms with E-state index in [1.165, 1.54) is 11.3 Å². The average molecular weight is 292 g/mol. The lowest BCUT2D eigenvalue weighted by Crippen LogP contribution is -2.10. The molecule has 2 aromatic heterocycles. The first-order chi connectivity index (χ1) is 9.61. The Morgan fingerprint density at radius 1 is 1.65 bits per heavy atom. The van der Waals surface area contributed by atoms with Gasteiger partial charge in [-0.25, -0.2) is 9.48 Å². The van der Waals surface area contributed by atoms with Gasteiger partial charge in [0.2, 0.25) is 0 Å². The topological polar surface area (TPSA) is 64.3 Å². The Labute approximate surface area is 120 Å². The molecule has 0 aliphatic carbocycles. The summed E-state index contributed by atoms with van der Waals surface area (Å²) in [6.45, 7) is 4.13. The molecule has 1 atom stereocenters. The van der Waals surface area contributed by atoms with Crippen LogP contribution in [-0.4, -0.2) is 27.5 Å². The standard InChI is InChI=1S/C14H16N2O3S/c1-3-19-14(18)11-6-9-10(20-11)4-5-12(17)16-13(9)8(2)7-15-16/h6-7,12,17H,3-5H2,1-2H3. The molecule has 1 aliphatic rings. The first kappa shape index (κ1) is 13.3. The third-order valence-corrected chi connectivity index (χ3v) is 4.61. The summed E-state index contributed by atoms with van der Waals surface area (Å²) in [7, 11) is 0. The van der Waals surface area contributed by atoms with Gasteiger partial charge < -0.3 is 9.84 Å². The van der Waals surface area contributed by atoms with E-state index in [1.54, 1.807) is 17.8 Å². The van der Waals surface area contributed by atoms with Gasteiger partial charge in [0.25, 0.3) is 0 Å². The van der Waals surface area contributed by atoms with E-state index in [9.17, 15) is 9.90 Å². The number of hydrogen-bond donors (Lipinski definition) is 1. The Balaban J connectivity index is 2.11. The van der Waals surface area contributed by atoms with Crippen molar-refractivity contribution in [3.63, 3.8) is 0 Å². The van der Waals surface area contributed by atoms with Crippen LogP contribution >= 0.6 is 11.3 Å². The van der Waals surface area contributed by atoms with Crippen LogP contribution in [0.1, 0.15) is 39.7 Å². The molecule has 0 fully saturated rings. The van der Waals surface area contributed by atoms with Gasteiger partial charge in [0.15, 0.2) is 0 Å². The lowest BCUT2D eigenvalue weighted by Gasteiger charge is -2.10. The van der Waals surface area contributed by atoms with Crippen LogP contribution in [0, 0.1) is 6.92 Å². The van der Waals surface area contributed by atoms with Crippen LogP contribution in [-0.2, 0) is 11.2 Å². The van der Waals surface area contributed by atoms with Crippen LogP contribution in [0.25, 0.3) is 11.3 Å². The molecule has 106 valence electrons. The molecular formula is C14H16N2O3S. The maximum atomic E-state index is 11.9. The van der Waals surface area contributed by atoms with Crippen molar-refractivity contribution < 1.29 is 14.6 Å². The minimum atomic E-state index is -0.607. The molecule has 2 aromatic rings. The van der Waals surface area contributed by atoms with Crippen LogP contribution in [0.3, 0.4) is 0 Å². The second kappa shape index (κ2) is 5.03. The fraction of sp³-hybridized carbons (Fsp3) is 0.429. The number of aryl methyl sites for hydroxylation is 2. The highest BCUT2D eigenvalue weighted by Gasteiger charge is 2.26. The molecule has 5 nitrogen and oxygen atoms in total. The van der Waals surface area contributed by atoms with Gasteiger partial charge in [0.05, 0.1) is 18.5 Å². The number of hydrogen-bond acceptors (Lipinski definition) is 5. The maximum absolute atomic E-state index is 11.9. The Hall–Kier alpha value is -1.66. The SMILES string of the molecule is CCOC(=O)c1cc2c(s1)CCC(O)n1ncc(C)c1-2. The molecule has 0 amide bonds. The predicted molar refractivity (Wildman–Crippen MR) is 75.8 cm³/mol. The number of carbonyl (C=O) groups is 1. The molecule has 0 spiro atoms. The van der Waals surface area contributed by atoms with Gasteiger partial charge in [-0.3, -0.25) is 0 Å². The lowest BCUT2D eigenvalue weighted by atomic mass is 10.1. The van der Waals surface area contributed by atoms with Crippen LogP contribution < -0.4 is 0 Å². The van der Waals surface area contributed by atoms with Gasteiger partial charge in [-0.2, -0.15) is 5.10 Å². The maximum Gasteiger partial charge on any atom is 0.348 e. The van der Waals surface area contributed by atoms with Gasteiger partial charge in [0, 0.05) is 10.4 Å². The van der Waals surface area contributed by atoms with Crippen LogP contribution in [0.4, 0.5) is 0 Å². The predicted octanol–water partition coefficient (Wildman–Crippen LogP) is 2.53. The average Bonchev–Trinajstić information content (AvgIpc) is 2.96. The third-order valence-electron chi connectivity index (χ3n) is 3.43. The zero-order valence-corrected chi connectivity index (χ0v) is 12.2. The van der Waals surface area contributed by atoms with Crippen molar-refractivity contribution >= 4 is 17.3 Å². The van der Waals surface area contributed by atoms with Crippen molar-refractivity contribution in [1.82, 2.24) is 9.78 Å². The number of ether oxygens (including phenoxy) is 1. The van der Waals surface area contributed by atoms with E-state index in [1.807, 2.05) is 13.0 Å². The second-order valence-electron chi connectivity index (χ2n) is 4.81. The number of aliphatic hydroxyl groups excluding tert-OH is 1. The van der Waals surface area contributed by atoms with Crippen molar-refractivity contribution in [2.24, 2.45) is 0 Å². The Kier molecular flexibility index (Phi) is 3.35. The highest BCUT2D eigenvalue weighted by atomic mass is 32.1. The minimum Gasteiger partial charge on any atom is -0.462 e. The number of thiophene rings is 1. The summed E-state index contributed by atoms with van der Waals surface area (Å²) in [4.78, 5) is 13.6. The number of aromatic nitrogens is 2. The first-order valence-electron chi connectivity index (χ1n) is 6.64. The van der Waals surface area contributed by atoms with Crippen LogP contribution in [0.2, 0.25) is 0 Å². The number of esters is 1. The Morgan fingerprint density at radius 2 is 2.45 bits per heavy atom. The Bertz CT molecular complexity index is 659. The normalized spacial score (nSPS) is 17.2. The molecule has 20 heavy (non-hydrogen) atoms. The van der Waals surface area contributed by atoms with E-state index in [4.69, 9.17) is 4.74 Å². The number of rotatable bonds is 2. The van der Waals surface area contributed by atoms with E-state index < -0.39 is 6.23 Å². The lowest BCUT2D eigenvalue weighted by molar-refractivity contribution is 0.0532. The van der Waals surface area contributed by atoms with Crippen molar-refractivity contribution in [3.8, 4) is 11.3 Å². The molecule has 1 aliphatic heterocycles. The fourth-order valence-corrected chi connectivity index (χ4v) is 3.58. The van der Waals surface area contributed by atoms with Crippen LogP contribution in [0.15, 0.2) is 12.3 Å².